The van der Waals surface area contributed by atoms with E-state index in [-0.39, 0.29) is 0 Å². The molecule has 1 unspecified atom stereocenters. The van der Waals surface area contributed by atoms with Crippen LogP contribution >= 0.6 is 0 Å². The van der Waals surface area contributed by atoms with Gasteiger partial charge in [0.05, 0.1) is 0 Å². The Morgan fingerprint density at radius 2 is 2.08 bits per heavy atom. The molecule has 0 aliphatic rings. The Hall–Kier alpha value is -0.670. The lowest BCUT2D eigenvalue weighted by Crippen LogP contribution is -2.32. The third kappa shape index (κ3) is 4.80. The normalized spacial score (nSPS) is 13.9. The molecule has 0 spiro atoms. The van der Waals surface area contributed by atoms with Crippen LogP contribution in [-0.2, 0) is 9.53 Å². The van der Waals surface area contributed by atoms with Gasteiger partial charge in [0, 0.05) is 12.8 Å². The van der Waals surface area contributed by atoms with Crippen molar-refractivity contribution in [2.45, 2.75) is 39.5 Å². The molecule has 0 aromatic rings. The second-order valence-corrected chi connectivity index (χ2v) is 3.23. The van der Waals surface area contributed by atoms with E-state index in [1.54, 1.807) is 0 Å². The fourth-order valence-corrected chi connectivity index (χ4v) is 0.984. The summed E-state index contributed by atoms with van der Waals surface area (Å²) in [4.78, 5) is 10.3. The van der Waals surface area contributed by atoms with Crippen molar-refractivity contribution in [1.29, 1.82) is 0 Å². The van der Waals surface area contributed by atoms with E-state index in [9.17, 15) is 13.6 Å². The minimum atomic E-state index is -2.90. The number of hydrogen-bond donors (Lipinski definition) is 0. The van der Waals surface area contributed by atoms with Gasteiger partial charge in [-0.2, -0.15) is 0 Å². The van der Waals surface area contributed by atoms with Crippen molar-refractivity contribution in [2.75, 3.05) is 6.61 Å². The summed E-state index contributed by atoms with van der Waals surface area (Å²) >= 11 is 0. The summed E-state index contributed by atoms with van der Waals surface area (Å²) in [5, 5.41) is 0. The van der Waals surface area contributed by atoms with Gasteiger partial charge in [0.15, 0.2) is 6.61 Å². The summed E-state index contributed by atoms with van der Waals surface area (Å²) in [6.07, 6.45) is 1.14. The molecule has 1 atom stereocenters. The highest BCUT2D eigenvalue weighted by Crippen LogP contribution is 2.28. The molecule has 0 aromatic carbocycles. The molecule has 0 rings (SSSR count). The fraction of sp³-hybridized carbons (Fsp3) is 0.889. The van der Waals surface area contributed by atoms with Crippen LogP contribution in [0.15, 0.2) is 0 Å². The molecule has 0 N–H and O–H groups in total. The Bertz CT molecular complexity index is 169. The Morgan fingerprint density at radius 3 is 2.46 bits per heavy atom. The van der Waals surface area contributed by atoms with Crippen LogP contribution in [0.3, 0.4) is 0 Å². The van der Waals surface area contributed by atoms with Crippen LogP contribution in [0.5, 0.6) is 0 Å². The first kappa shape index (κ1) is 12.3. The average molecular weight is 194 g/mol. The summed E-state index contributed by atoms with van der Waals surface area (Å²) in [5.41, 5.74) is 0. The molecule has 0 saturated heterocycles. The molecule has 0 aliphatic carbocycles. The van der Waals surface area contributed by atoms with Crippen molar-refractivity contribution in [2.24, 2.45) is 5.92 Å². The van der Waals surface area contributed by atoms with Gasteiger partial charge in [0.1, 0.15) is 0 Å². The van der Waals surface area contributed by atoms with Crippen molar-refractivity contribution in [3.05, 3.63) is 0 Å². The van der Waals surface area contributed by atoms with Crippen molar-refractivity contribution < 1.29 is 18.3 Å². The van der Waals surface area contributed by atoms with Crippen molar-refractivity contribution in [1.82, 2.24) is 0 Å². The molecule has 0 aromatic heterocycles. The number of carbonyl (C=O) groups is 1. The Balaban J connectivity index is 3.97. The van der Waals surface area contributed by atoms with Gasteiger partial charge >= 0.3 is 5.97 Å². The Kier molecular flexibility index (Phi) is 4.88. The second kappa shape index (κ2) is 5.14. The molecule has 0 saturated carbocycles. The molecule has 78 valence electrons. The first-order chi connectivity index (χ1) is 5.90. The lowest BCUT2D eigenvalue weighted by atomic mass is 9.99. The van der Waals surface area contributed by atoms with Crippen molar-refractivity contribution >= 4 is 5.97 Å². The zero-order valence-electron chi connectivity index (χ0n) is 8.27. The third-order valence-corrected chi connectivity index (χ3v) is 1.91. The van der Waals surface area contributed by atoms with Gasteiger partial charge in [-0.3, -0.25) is 4.79 Å². The summed E-state index contributed by atoms with van der Waals surface area (Å²) in [7, 11) is 0. The highest BCUT2D eigenvalue weighted by Gasteiger charge is 2.36. The molecule has 0 heterocycles. The Labute approximate surface area is 77.3 Å². The number of esters is 1. The van der Waals surface area contributed by atoms with Crippen LogP contribution < -0.4 is 0 Å². The van der Waals surface area contributed by atoms with Gasteiger partial charge in [-0.25, -0.2) is 8.78 Å². The summed E-state index contributed by atoms with van der Waals surface area (Å²) in [5.74, 6) is -4.30. The maximum absolute atomic E-state index is 13.1. The van der Waals surface area contributed by atoms with E-state index < -0.39 is 24.4 Å². The van der Waals surface area contributed by atoms with E-state index in [1.807, 2.05) is 6.92 Å². The number of hydrogen-bond acceptors (Lipinski definition) is 2. The van der Waals surface area contributed by atoms with Gasteiger partial charge in [0.2, 0.25) is 0 Å². The average Bonchev–Trinajstić information content (AvgIpc) is 2.01. The molecule has 0 amide bonds. The predicted octanol–water partition coefficient (Wildman–Crippen LogP) is 2.62. The van der Waals surface area contributed by atoms with E-state index in [1.165, 1.54) is 6.92 Å². The van der Waals surface area contributed by atoms with E-state index >= 15 is 0 Å². The van der Waals surface area contributed by atoms with E-state index in [0.29, 0.717) is 12.8 Å². The molecular formula is C9H16F2O2. The van der Waals surface area contributed by atoms with Crippen LogP contribution in [0, 0.1) is 5.92 Å². The van der Waals surface area contributed by atoms with Crippen molar-refractivity contribution in [3.8, 4) is 0 Å². The molecule has 0 bridgehead atoms. The summed E-state index contributed by atoms with van der Waals surface area (Å²) in [6.45, 7) is 3.63. The number of carbonyl (C=O) groups excluding carboxylic acids is 1. The quantitative estimate of drug-likeness (QED) is 0.629. The van der Waals surface area contributed by atoms with Gasteiger partial charge in [0.25, 0.3) is 5.92 Å². The molecule has 0 fully saturated rings. The summed E-state index contributed by atoms with van der Waals surface area (Å²) in [6, 6.07) is 0. The molecule has 0 aliphatic heterocycles. The van der Waals surface area contributed by atoms with Crippen LogP contribution in [0.4, 0.5) is 8.78 Å². The molecule has 0 radical (unpaired) electrons. The maximum Gasteiger partial charge on any atom is 0.302 e. The second-order valence-electron chi connectivity index (χ2n) is 3.23. The fourth-order valence-electron chi connectivity index (χ4n) is 0.984. The molecule has 4 heteroatoms. The van der Waals surface area contributed by atoms with Gasteiger partial charge in [-0.05, 0) is 6.42 Å². The number of rotatable bonds is 5. The molecule has 2 nitrogen and oxygen atoms in total. The number of ether oxygens (including phenoxy) is 1. The largest absolute Gasteiger partial charge is 0.459 e. The molecular weight excluding hydrogens is 178 g/mol. The molecule has 13 heavy (non-hydrogen) atoms. The third-order valence-electron chi connectivity index (χ3n) is 1.91. The topological polar surface area (TPSA) is 26.3 Å². The van der Waals surface area contributed by atoms with Crippen LogP contribution in [0.25, 0.3) is 0 Å². The van der Waals surface area contributed by atoms with Crippen molar-refractivity contribution in [3.63, 3.8) is 0 Å². The minimum absolute atomic E-state index is 0.439. The lowest BCUT2D eigenvalue weighted by molar-refractivity contribution is -0.159. The van der Waals surface area contributed by atoms with Gasteiger partial charge in [-0.15, -0.1) is 0 Å². The lowest BCUT2D eigenvalue weighted by Gasteiger charge is -2.22. The first-order valence-electron chi connectivity index (χ1n) is 4.41. The first-order valence-corrected chi connectivity index (χ1v) is 4.41. The van der Waals surface area contributed by atoms with Crippen LogP contribution in [0.2, 0.25) is 0 Å². The smallest absolute Gasteiger partial charge is 0.302 e. The van der Waals surface area contributed by atoms with Crippen LogP contribution in [0.1, 0.15) is 33.6 Å². The van der Waals surface area contributed by atoms with E-state index in [0.717, 1.165) is 6.92 Å². The zero-order valence-corrected chi connectivity index (χ0v) is 8.27. The summed E-state index contributed by atoms with van der Waals surface area (Å²) < 4.78 is 30.5. The monoisotopic (exact) mass is 194 g/mol. The van der Waals surface area contributed by atoms with E-state index in [4.69, 9.17) is 0 Å². The Morgan fingerprint density at radius 1 is 1.54 bits per heavy atom. The van der Waals surface area contributed by atoms with E-state index in [2.05, 4.69) is 4.74 Å². The maximum atomic E-state index is 13.1. The number of halogens is 2. The highest BCUT2D eigenvalue weighted by atomic mass is 19.3. The highest BCUT2D eigenvalue weighted by molar-refractivity contribution is 5.65. The minimum Gasteiger partial charge on any atom is -0.459 e. The number of alkyl halides is 2. The van der Waals surface area contributed by atoms with Crippen LogP contribution in [-0.4, -0.2) is 18.5 Å². The SMILES string of the molecule is CCCC(C)C(F)(F)COC(C)=O. The van der Waals surface area contributed by atoms with Gasteiger partial charge < -0.3 is 4.74 Å². The van der Waals surface area contributed by atoms with Gasteiger partial charge in [-0.1, -0.05) is 20.3 Å². The predicted molar refractivity (Wildman–Crippen MR) is 45.7 cm³/mol. The zero-order chi connectivity index (χ0) is 10.5. The standard InChI is InChI=1S/C9H16F2O2/c1-4-5-7(2)9(10,11)6-13-8(3)12/h7H,4-6H2,1-3H3.